The molecule has 0 radical (unpaired) electrons. The highest BCUT2D eigenvalue weighted by molar-refractivity contribution is 6.02. The maximum atomic E-state index is 12.7. The van der Waals surface area contributed by atoms with E-state index in [-0.39, 0.29) is 12.1 Å². The summed E-state index contributed by atoms with van der Waals surface area (Å²) in [7, 11) is 0. The highest BCUT2D eigenvalue weighted by Gasteiger charge is 2.31. The first-order chi connectivity index (χ1) is 15.7. The molecule has 0 aliphatic carbocycles. The van der Waals surface area contributed by atoms with Crippen LogP contribution in [-0.4, -0.2) is 55.2 Å². The normalized spacial score (nSPS) is 18.9. The van der Waals surface area contributed by atoms with Crippen LogP contribution in [0, 0.1) is 0 Å². The van der Waals surface area contributed by atoms with E-state index in [1.165, 1.54) is 0 Å². The van der Waals surface area contributed by atoms with Gasteiger partial charge >= 0.3 is 0 Å². The molecule has 5 rings (SSSR count). The Morgan fingerprint density at radius 1 is 0.781 bits per heavy atom. The standard InChI is InChI=1S/C26H28N4O2/c31-24-13-7-6-12-23(24)29-17-14-28(15-18-29)16-19-30-22-11-5-4-10-21(22)26(32)27-25(30)20-8-2-1-3-9-20/h1-13,25,31H,14-19H2,(H,27,32). The van der Waals surface area contributed by atoms with E-state index in [0.717, 1.165) is 61.8 Å². The second-order valence-corrected chi connectivity index (χ2v) is 8.31. The Bertz CT molecular complexity index is 1080. The van der Waals surface area contributed by atoms with Crippen molar-refractivity contribution in [2.75, 3.05) is 49.1 Å². The fraction of sp³-hybridized carbons (Fsp3) is 0.269. The quantitative estimate of drug-likeness (QED) is 0.652. The summed E-state index contributed by atoms with van der Waals surface area (Å²) in [5.74, 6) is 0.314. The van der Waals surface area contributed by atoms with Crippen molar-refractivity contribution in [2.45, 2.75) is 6.17 Å². The number of rotatable bonds is 5. The molecule has 2 aliphatic rings. The third-order valence-electron chi connectivity index (χ3n) is 6.40. The Morgan fingerprint density at radius 2 is 1.44 bits per heavy atom. The predicted molar refractivity (Wildman–Crippen MR) is 127 cm³/mol. The van der Waals surface area contributed by atoms with Gasteiger partial charge in [0.1, 0.15) is 11.9 Å². The lowest BCUT2D eigenvalue weighted by Crippen LogP contribution is -2.52. The van der Waals surface area contributed by atoms with E-state index in [9.17, 15) is 9.90 Å². The molecule has 1 fully saturated rings. The number of nitrogens with one attached hydrogen (secondary N) is 1. The van der Waals surface area contributed by atoms with Gasteiger partial charge in [-0.2, -0.15) is 0 Å². The topological polar surface area (TPSA) is 59.1 Å². The van der Waals surface area contributed by atoms with Gasteiger partial charge in [0.05, 0.1) is 16.9 Å². The number of piperazine rings is 1. The van der Waals surface area contributed by atoms with Crippen LogP contribution in [0.2, 0.25) is 0 Å². The van der Waals surface area contributed by atoms with Crippen LogP contribution in [0.25, 0.3) is 0 Å². The highest BCUT2D eigenvalue weighted by atomic mass is 16.3. The molecule has 2 heterocycles. The summed E-state index contributed by atoms with van der Waals surface area (Å²) in [6.07, 6.45) is -0.179. The van der Waals surface area contributed by atoms with Gasteiger partial charge in [-0.25, -0.2) is 0 Å². The van der Waals surface area contributed by atoms with Gasteiger partial charge in [0.15, 0.2) is 0 Å². The second kappa shape index (κ2) is 8.93. The maximum absolute atomic E-state index is 12.7. The number of hydrogen-bond donors (Lipinski definition) is 2. The van der Waals surface area contributed by atoms with Crippen LogP contribution in [0.4, 0.5) is 11.4 Å². The van der Waals surface area contributed by atoms with E-state index in [2.05, 4.69) is 32.1 Å². The summed E-state index contributed by atoms with van der Waals surface area (Å²) in [5.41, 5.74) is 3.70. The van der Waals surface area contributed by atoms with Crippen molar-refractivity contribution in [3.05, 3.63) is 90.0 Å². The number of benzene rings is 3. The van der Waals surface area contributed by atoms with E-state index in [1.54, 1.807) is 6.07 Å². The van der Waals surface area contributed by atoms with Gasteiger partial charge < -0.3 is 20.2 Å². The fourth-order valence-corrected chi connectivity index (χ4v) is 4.68. The first-order valence-corrected chi connectivity index (χ1v) is 11.2. The lowest BCUT2D eigenvalue weighted by molar-refractivity contribution is 0.0925. The van der Waals surface area contributed by atoms with Crippen LogP contribution in [0.15, 0.2) is 78.9 Å². The number of phenolic OH excluding ortho intramolecular Hbond substituents is 1. The van der Waals surface area contributed by atoms with Crippen LogP contribution < -0.4 is 15.1 Å². The fourth-order valence-electron chi connectivity index (χ4n) is 4.68. The van der Waals surface area contributed by atoms with Gasteiger partial charge in [-0.05, 0) is 29.8 Å². The average molecular weight is 429 g/mol. The molecular formula is C26H28N4O2. The lowest BCUT2D eigenvalue weighted by atomic mass is 10.0. The first kappa shape index (κ1) is 20.4. The van der Waals surface area contributed by atoms with Crippen LogP contribution in [-0.2, 0) is 0 Å². The molecule has 1 unspecified atom stereocenters. The number of aromatic hydroxyl groups is 1. The molecule has 0 spiro atoms. The minimum Gasteiger partial charge on any atom is -0.506 e. The van der Waals surface area contributed by atoms with E-state index >= 15 is 0 Å². The Morgan fingerprint density at radius 3 is 2.19 bits per heavy atom. The molecule has 0 saturated carbocycles. The number of hydrogen-bond acceptors (Lipinski definition) is 5. The molecule has 164 valence electrons. The zero-order valence-electron chi connectivity index (χ0n) is 18.0. The second-order valence-electron chi connectivity index (χ2n) is 8.31. The largest absolute Gasteiger partial charge is 0.506 e. The summed E-state index contributed by atoms with van der Waals surface area (Å²) < 4.78 is 0. The van der Waals surface area contributed by atoms with Gasteiger partial charge in [0.25, 0.3) is 5.91 Å². The summed E-state index contributed by atoms with van der Waals surface area (Å²) in [6, 6.07) is 25.5. The van der Waals surface area contributed by atoms with Crippen molar-refractivity contribution in [1.82, 2.24) is 10.2 Å². The number of anilines is 2. The molecule has 1 atom stereocenters. The van der Waals surface area contributed by atoms with Gasteiger partial charge in [-0.15, -0.1) is 0 Å². The average Bonchev–Trinajstić information content (AvgIpc) is 2.85. The number of carbonyl (C=O) groups excluding carboxylic acids is 1. The van der Waals surface area contributed by atoms with E-state index in [4.69, 9.17) is 0 Å². The third kappa shape index (κ3) is 4.01. The molecule has 6 heteroatoms. The van der Waals surface area contributed by atoms with Crippen LogP contribution in [0.1, 0.15) is 22.1 Å². The van der Waals surface area contributed by atoms with Gasteiger partial charge in [0.2, 0.25) is 0 Å². The summed E-state index contributed by atoms with van der Waals surface area (Å²) in [5, 5.41) is 13.4. The van der Waals surface area contributed by atoms with Crippen molar-refractivity contribution in [1.29, 1.82) is 0 Å². The van der Waals surface area contributed by atoms with Gasteiger partial charge in [0, 0.05) is 39.3 Å². The summed E-state index contributed by atoms with van der Waals surface area (Å²) in [6.45, 7) is 5.36. The number of fused-ring (bicyclic) bond motifs is 1. The van der Waals surface area contributed by atoms with Crippen LogP contribution in [0.3, 0.4) is 0 Å². The molecule has 3 aromatic rings. The number of carbonyl (C=O) groups is 1. The number of phenols is 1. The maximum Gasteiger partial charge on any atom is 0.255 e. The Balaban J connectivity index is 1.29. The molecule has 0 bridgehead atoms. The Hall–Kier alpha value is -3.51. The zero-order valence-corrected chi connectivity index (χ0v) is 18.0. The summed E-state index contributed by atoms with van der Waals surface area (Å²) in [4.78, 5) is 19.8. The highest BCUT2D eigenvalue weighted by Crippen LogP contribution is 2.33. The predicted octanol–water partition coefficient (Wildman–Crippen LogP) is 3.46. The number of para-hydroxylation sites is 3. The Labute approximate surface area is 188 Å². The molecular weight excluding hydrogens is 400 g/mol. The van der Waals surface area contributed by atoms with Crippen molar-refractivity contribution in [2.24, 2.45) is 0 Å². The lowest BCUT2D eigenvalue weighted by Gasteiger charge is -2.41. The van der Waals surface area contributed by atoms with Gasteiger partial charge in [-0.3, -0.25) is 9.69 Å². The van der Waals surface area contributed by atoms with Crippen LogP contribution >= 0.6 is 0 Å². The van der Waals surface area contributed by atoms with E-state index in [0.29, 0.717) is 5.75 Å². The molecule has 0 aromatic heterocycles. The molecule has 6 nitrogen and oxygen atoms in total. The van der Waals surface area contributed by atoms with Crippen LogP contribution in [0.5, 0.6) is 5.75 Å². The van der Waals surface area contributed by atoms with Crippen molar-refractivity contribution >= 4 is 17.3 Å². The van der Waals surface area contributed by atoms with Crippen molar-refractivity contribution in [3.8, 4) is 5.75 Å². The third-order valence-corrected chi connectivity index (χ3v) is 6.40. The molecule has 1 saturated heterocycles. The minimum atomic E-state index is -0.179. The number of nitrogens with zero attached hydrogens (tertiary/aromatic N) is 3. The Kier molecular flexibility index (Phi) is 5.69. The van der Waals surface area contributed by atoms with E-state index < -0.39 is 0 Å². The van der Waals surface area contributed by atoms with Crippen molar-refractivity contribution < 1.29 is 9.90 Å². The molecule has 1 amide bonds. The van der Waals surface area contributed by atoms with Crippen molar-refractivity contribution in [3.63, 3.8) is 0 Å². The molecule has 2 aliphatic heterocycles. The molecule has 3 aromatic carbocycles. The number of amides is 1. The monoisotopic (exact) mass is 428 g/mol. The zero-order chi connectivity index (χ0) is 21.9. The summed E-state index contributed by atoms with van der Waals surface area (Å²) >= 11 is 0. The first-order valence-electron chi connectivity index (χ1n) is 11.2. The smallest absolute Gasteiger partial charge is 0.255 e. The molecule has 32 heavy (non-hydrogen) atoms. The van der Waals surface area contributed by atoms with Gasteiger partial charge in [-0.1, -0.05) is 54.6 Å². The minimum absolute atomic E-state index is 0.0259. The SMILES string of the molecule is O=C1NC(c2ccccc2)N(CCN2CCN(c3ccccc3O)CC2)c2ccccc21. The van der Waals surface area contributed by atoms with E-state index in [1.807, 2.05) is 60.7 Å². The molecule has 2 N–H and O–H groups in total.